The van der Waals surface area contributed by atoms with E-state index < -0.39 is 0 Å². The van der Waals surface area contributed by atoms with Gasteiger partial charge in [0, 0.05) is 13.2 Å². The molecule has 178 valence electrons. The zero-order valence-corrected chi connectivity index (χ0v) is 20.9. The molecule has 0 bridgehead atoms. The third-order valence-corrected chi connectivity index (χ3v) is 5.89. The number of ether oxygens (including phenoxy) is 1. The number of hydrogen-bond donors (Lipinski definition) is 0. The summed E-state index contributed by atoms with van der Waals surface area (Å²) in [5.74, 6) is 1.77. The highest BCUT2D eigenvalue weighted by atomic mass is 16.5. The van der Waals surface area contributed by atoms with Crippen LogP contribution < -0.4 is 0 Å². The van der Waals surface area contributed by atoms with E-state index in [9.17, 15) is 0 Å². The summed E-state index contributed by atoms with van der Waals surface area (Å²) in [6.45, 7) is 11.3. The minimum absolute atomic E-state index is 0. The molecular formula is C27H58O2. The predicted molar refractivity (Wildman–Crippen MR) is 132 cm³/mol. The molecular weight excluding hydrogens is 356 g/mol. The van der Waals surface area contributed by atoms with Crippen molar-refractivity contribution >= 4 is 0 Å². The molecule has 2 N–H and O–H groups in total. The van der Waals surface area contributed by atoms with E-state index >= 15 is 0 Å². The van der Waals surface area contributed by atoms with E-state index in [0.29, 0.717) is 0 Å². The van der Waals surface area contributed by atoms with Crippen LogP contribution >= 0.6 is 0 Å². The van der Waals surface area contributed by atoms with Crippen LogP contribution in [0.5, 0.6) is 0 Å². The van der Waals surface area contributed by atoms with Crippen LogP contribution in [0.1, 0.15) is 150 Å². The van der Waals surface area contributed by atoms with Gasteiger partial charge in [-0.15, -0.1) is 0 Å². The Morgan fingerprint density at radius 2 is 0.621 bits per heavy atom. The first-order chi connectivity index (χ1) is 13.6. The van der Waals surface area contributed by atoms with E-state index in [4.69, 9.17) is 4.74 Å². The van der Waals surface area contributed by atoms with Crippen LogP contribution in [0.25, 0.3) is 0 Å². The van der Waals surface area contributed by atoms with Gasteiger partial charge >= 0.3 is 0 Å². The lowest BCUT2D eigenvalue weighted by Gasteiger charge is -2.06. The molecule has 0 rings (SSSR count). The highest BCUT2D eigenvalue weighted by molar-refractivity contribution is 4.51. The van der Waals surface area contributed by atoms with E-state index in [0.717, 1.165) is 25.0 Å². The van der Waals surface area contributed by atoms with Crippen LogP contribution in [0.2, 0.25) is 0 Å². The zero-order valence-electron chi connectivity index (χ0n) is 20.9. The summed E-state index contributed by atoms with van der Waals surface area (Å²) in [5, 5.41) is 0. The highest BCUT2D eigenvalue weighted by Gasteiger charge is 1.97. The molecule has 0 fully saturated rings. The van der Waals surface area contributed by atoms with Gasteiger partial charge in [0.1, 0.15) is 0 Å². The van der Waals surface area contributed by atoms with Crippen molar-refractivity contribution in [3.05, 3.63) is 0 Å². The van der Waals surface area contributed by atoms with E-state index in [1.54, 1.807) is 0 Å². The molecule has 2 heteroatoms. The van der Waals surface area contributed by atoms with E-state index in [2.05, 4.69) is 27.7 Å². The van der Waals surface area contributed by atoms with Crippen molar-refractivity contribution in [3.8, 4) is 0 Å². The minimum Gasteiger partial charge on any atom is -0.412 e. The second kappa shape index (κ2) is 26.0. The van der Waals surface area contributed by atoms with Gasteiger partial charge in [-0.1, -0.05) is 137 Å². The van der Waals surface area contributed by atoms with Crippen LogP contribution in [0.3, 0.4) is 0 Å². The van der Waals surface area contributed by atoms with Gasteiger partial charge < -0.3 is 10.2 Å². The Labute approximate surface area is 185 Å². The molecule has 0 saturated carbocycles. The Morgan fingerprint density at radius 3 is 0.897 bits per heavy atom. The van der Waals surface area contributed by atoms with Crippen molar-refractivity contribution in [2.45, 2.75) is 150 Å². The predicted octanol–water partition coefficient (Wildman–Crippen LogP) is 8.90. The lowest BCUT2D eigenvalue weighted by molar-refractivity contribution is 0.125. The van der Waals surface area contributed by atoms with E-state index in [1.807, 2.05) is 0 Å². The van der Waals surface area contributed by atoms with Crippen molar-refractivity contribution in [3.63, 3.8) is 0 Å². The standard InChI is InChI=1S/C27H56O.H2O/c1-26(2)22-18-14-10-6-5-8-12-16-20-24-28-25-21-17-13-9-7-11-15-19-23-27(3)4;/h26-27H,5-25H2,1-4H3;1H2. The maximum absolute atomic E-state index is 5.81. The topological polar surface area (TPSA) is 40.7 Å². The van der Waals surface area contributed by atoms with E-state index in [1.165, 1.54) is 122 Å². The number of rotatable bonds is 23. The molecule has 0 atom stereocenters. The van der Waals surface area contributed by atoms with Gasteiger partial charge in [-0.25, -0.2) is 0 Å². The average molecular weight is 415 g/mol. The van der Waals surface area contributed by atoms with Gasteiger partial charge in [-0.2, -0.15) is 0 Å². The first-order valence-electron chi connectivity index (χ1n) is 13.2. The molecule has 0 heterocycles. The minimum atomic E-state index is 0. The van der Waals surface area contributed by atoms with Gasteiger partial charge in [-0.05, 0) is 24.7 Å². The number of unbranched alkanes of at least 4 members (excludes halogenated alkanes) is 15. The first-order valence-corrected chi connectivity index (χ1v) is 13.2. The zero-order chi connectivity index (χ0) is 20.7. The normalized spacial score (nSPS) is 11.4. The summed E-state index contributed by atoms with van der Waals surface area (Å²) in [5.41, 5.74) is 0. The average Bonchev–Trinajstić information content (AvgIpc) is 2.65. The van der Waals surface area contributed by atoms with Crippen molar-refractivity contribution in [2.24, 2.45) is 11.8 Å². The smallest absolute Gasteiger partial charge is 0.0466 e. The third kappa shape index (κ3) is 30.2. The Balaban J connectivity index is 0. The van der Waals surface area contributed by atoms with Gasteiger partial charge in [0.2, 0.25) is 0 Å². The fraction of sp³-hybridized carbons (Fsp3) is 1.00. The van der Waals surface area contributed by atoms with Crippen molar-refractivity contribution in [1.29, 1.82) is 0 Å². The molecule has 0 aromatic rings. The quantitative estimate of drug-likeness (QED) is 0.154. The van der Waals surface area contributed by atoms with Crippen molar-refractivity contribution < 1.29 is 10.2 Å². The molecule has 0 aliphatic heterocycles. The molecule has 0 aliphatic carbocycles. The Kier molecular flexibility index (Phi) is 27.8. The first kappa shape index (κ1) is 31.1. The summed E-state index contributed by atoms with van der Waals surface area (Å²) in [6.07, 6.45) is 26.8. The Hall–Kier alpha value is -0.0800. The number of hydrogen-bond acceptors (Lipinski definition) is 1. The maximum atomic E-state index is 5.81. The lowest BCUT2D eigenvalue weighted by atomic mass is 10.0. The second-order valence-electron chi connectivity index (χ2n) is 9.99. The molecule has 0 saturated heterocycles. The fourth-order valence-corrected chi connectivity index (χ4v) is 3.91. The van der Waals surface area contributed by atoms with Gasteiger partial charge in [0.25, 0.3) is 0 Å². The molecule has 0 spiro atoms. The molecule has 29 heavy (non-hydrogen) atoms. The maximum Gasteiger partial charge on any atom is 0.0466 e. The second-order valence-corrected chi connectivity index (χ2v) is 9.99. The highest BCUT2D eigenvalue weighted by Crippen LogP contribution is 2.14. The fourth-order valence-electron chi connectivity index (χ4n) is 3.91. The van der Waals surface area contributed by atoms with Crippen molar-refractivity contribution in [1.82, 2.24) is 0 Å². The summed E-state index contributed by atoms with van der Waals surface area (Å²) in [4.78, 5) is 0. The monoisotopic (exact) mass is 414 g/mol. The Bertz CT molecular complexity index is 248. The van der Waals surface area contributed by atoms with Crippen molar-refractivity contribution in [2.75, 3.05) is 13.2 Å². The molecule has 0 amide bonds. The van der Waals surface area contributed by atoms with Gasteiger partial charge in [0.15, 0.2) is 0 Å². The van der Waals surface area contributed by atoms with E-state index in [-0.39, 0.29) is 5.48 Å². The largest absolute Gasteiger partial charge is 0.412 e. The van der Waals surface area contributed by atoms with Crippen LogP contribution in [-0.4, -0.2) is 18.7 Å². The summed E-state index contributed by atoms with van der Waals surface area (Å²) in [6, 6.07) is 0. The molecule has 2 nitrogen and oxygen atoms in total. The summed E-state index contributed by atoms with van der Waals surface area (Å²) in [7, 11) is 0. The van der Waals surface area contributed by atoms with Crippen LogP contribution in [0, 0.1) is 11.8 Å². The Morgan fingerprint density at radius 1 is 0.379 bits per heavy atom. The van der Waals surface area contributed by atoms with Gasteiger partial charge in [0.05, 0.1) is 0 Å². The van der Waals surface area contributed by atoms with Crippen LogP contribution in [0.15, 0.2) is 0 Å². The summed E-state index contributed by atoms with van der Waals surface area (Å²) >= 11 is 0. The molecule has 0 radical (unpaired) electrons. The SMILES string of the molecule is CC(C)CCCCCCCCCCCOCCCCCCCCCCC(C)C.O. The molecule has 0 unspecified atom stereocenters. The molecule has 0 aromatic carbocycles. The van der Waals surface area contributed by atoms with Gasteiger partial charge in [-0.3, -0.25) is 0 Å². The third-order valence-electron chi connectivity index (χ3n) is 5.89. The van der Waals surface area contributed by atoms with Crippen LogP contribution in [-0.2, 0) is 4.74 Å². The molecule has 0 aliphatic rings. The molecule has 0 aromatic heterocycles. The summed E-state index contributed by atoms with van der Waals surface area (Å²) < 4.78 is 5.81. The lowest BCUT2D eigenvalue weighted by Crippen LogP contribution is -1.97. The van der Waals surface area contributed by atoms with Crippen LogP contribution in [0.4, 0.5) is 0 Å².